The zero-order chi connectivity index (χ0) is 13.2. The highest BCUT2D eigenvalue weighted by atomic mass is 16.5. The highest BCUT2D eigenvalue weighted by molar-refractivity contribution is 5.94. The Morgan fingerprint density at radius 2 is 1.89 bits per heavy atom. The molecule has 100 valence electrons. The summed E-state index contributed by atoms with van der Waals surface area (Å²) in [5.74, 6) is -0.137. The van der Waals surface area contributed by atoms with Gasteiger partial charge in [0.25, 0.3) is 5.91 Å². The van der Waals surface area contributed by atoms with Crippen molar-refractivity contribution in [3.05, 3.63) is 35.4 Å². The fraction of sp³-hybridized carbons (Fsp3) is 0.462. The normalized spacial score (nSPS) is 10.3. The predicted octanol–water partition coefficient (Wildman–Crippen LogP) is 0.308. The maximum atomic E-state index is 11.7. The molecule has 1 aromatic rings. The third kappa shape index (κ3) is 5.27. The van der Waals surface area contributed by atoms with Crippen molar-refractivity contribution in [2.45, 2.75) is 13.0 Å². The molecule has 1 aromatic carbocycles. The molecule has 0 heterocycles. The van der Waals surface area contributed by atoms with E-state index >= 15 is 0 Å². The Morgan fingerprint density at radius 3 is 2.50 bits per heavy atom. The second kappa shape index (κ2) is 8.63. The van der Waals surface area contributed by atoms with E-state index < -0.39 is 0 Å². The Labute approximate surface area is 106 Å². The summed E-state index contributed by atoms with van der Waals surface area (Å²) < 4.78 is 5.07. The molecule has 0 spiro atoms. The zero-order valence-electron chi connectivity index (χ0n) is 10.3. The molecule has 0 saturated heterocycles. The van der Waals surface area contributed by atoms with Gasteiger partial charge in [-0.25, -0.2) is 0 Å². The summed E-state index contributed by atoms with van der Waals surface area (Å²) in [4.78, 5) is 11.7. The van der Waals surface area contributed by atoms with Crippen LogP contribution in [0.3, 0.4) is 0 Å². The maximum absolute atomic E-state index is 11.7. The van der Waals surface area contributed by atoms with Gasteiger partial charge in [-0.2, -0.15) is 0 Å². The largest absolute Gasteiger partial charge is 0.394 e. The highest BCUT2D eigenvalue weighted by Gasteiger charge is 2.03. The van der Waals surface area contributed by atoms with Crippen LogP contribution >= 0.6 is 0 Å². The second-order valence-electron chi connectivity index (χ2n) is 3.80. The molecular weight excluding hydrogens is 234 g/mol. The molecule has 0 bridgehead atoms. The lowest BCUT2D eigenvalue weighted by atomic mass is 10.1. The van der Waals surface area contributed by atoms with Crippen molar-refractivity contribution in [1.82, 2.24) is 5.32 Å². The number of hydrogen-bond donors (Lipinski definition) is 3. The summed E-state index contributed by atoms with van der Waals surface area (Å²) in [7, 11) is 0. The van der Waals surface area contributed by atoms with Gasteiger partial charge in [0.15, 0.2) is 0 Å². The van der Waals surface area contributed by atoms with Crippen molar-refractivity contribution in [2.24, 2.45) is 0 Å². The monoisotopic (exact) mass is 253 g/mol. The minimum atomic E-state index is -0.137. The first-order valence-corrected chi connectivity index (χ1v) is 5.94. The van der Waals surface area contributed by atoms with Crippen molar-refractivity contribution >= 4 is 5.91 Å². The number of benzene rings is 1. The lowest BCUT2D eigenvalue weighted by Gasteiger charge is -2.06. The van der Waals surface area contributed by atoms with Crippen LogP contribution in [0.2, 0.25) is 0 Å². The van der Waals surface area contributed by atoms with Crippen molar-refractivity contribution in [2.75, 3.05) is 26.4 Å². The molecule has 0 aliphatic rings. The molecule has 5 nitrogen and oxygen atoms in total. The summed E-state index contributed by atoms with van der Waals surface area (Å²) >= 11 is 0. The standard InChI is InChI=1S/C13H19NO4/c15-7-9-18-8-1-6-14-13(17)12-4-2-11(10-16)3-5-12/h2-5,15-16H,1,6-10H2,(H,14,17). The highest BCUT2D eigenvalue weighted by Crippen LogP contribution is 2.04. The molecule has 0 radical (unpaired) electrons. The number of nitrogens with one attached hydrogen (secondary N) is 1. The van der Waals surface area contributed by atoms with Crippen LogP contribution in [0.4, 0.5) is 0 Å². The van der Waals surface area contributed by atoms with E-state index in [4.69, 9.17) is 14.9 Å². The minimum absolute atomic E-state index is 0.0174. The van der Waals surface area contributed by atoms with E-state index in [1.165, 1.54) is 0 Å². The van der Waals surface area contributed by atoms with Crippen LogP contribution in [0.5, 0.6) is 0 Å². The first-order valence-electron chi connectivity index (χ1n) is 5.94. The number of hydrogen-bond acceptors (Lipinski definition) is 4. The fourth-order valence-corrected chi connectivity index (χ4v) is 1.41. The summed E-state index contributed by atoms with van der Waals surface area (Å²) in [5.41, 5.74) is 1.35. The molecule has 3 N–H and O–H groups in total. The summed E-state index contributed by atoms with van der Waals surface area (Å²) in [6.45, 7) is 1.38. The van der Waals surface area contributed by atoms with Crippen LogP contribution in [-0.2, 0) is 11.3 Å². The summed E-state index contributed by atoms with van der Waals surface area (Å²) in [6, 6.07) is 6.81. The summed E-state index contributed by atoms with van der Waals surface area (Å²) in [6.07, 6.45) is 0.709. The topological polar surface area (TPSA) is 78.8 Å². The lowest BCUT2D eigenvalue weighted by molar-refractivity contribution is 0.0867. The van der Waals surface area contributed by atoms with Gasteiger partial charge in [0.1, 0.15) is 0 Å². The van der Waals surface area contributed by atoms with E-state index in [1.807, 2.05) is 0 Å². The van der Waals surface area contributed by atoms with Crippen LogP contribution in [0.15, 0.2) is 24.3 Å². The number of carbonyl (C=O) groups excluding carboxylic acids is 1. The van der Waals surface area contributed by atoms with E-state index in [2.05, 4.69) is 5.32 Å². The molecule has 0 aliphatic carbocycles. The quantitative estimate of drug-likeness (QED) is 0.583. The molecule has 0 aromatic heterocycles. The van der Waals surface area contributed by atoms with Gasteiger partial charge in [-0.1, -0.05) is 12.1 Å². The van der Waals surface area contributed by atoms with E-state index in [0.29, 0.717) is 31.7 Å². The molecule has 0 saturated carbocycles. The number of aliphatic hydroxyl groups excluding tert-OH is 2. The average molecular weight is 253 g/mol. The van der Waals surface area contributed by atoms with E-state index in [9.17, 15) is 4.79 Å². The Balaban J connectivity index is 2.23. The smallest absolute Gasteiger partial charge is 0.251 e. The van der Waals surface area contributed by atoms with Crippen molar-refractivity contribution in [1.29, 1.82) is 0 Å². The van der Waals surface area contributed by atoms with Gasteiger partial charge in [0.2, 0.25) is 0 Å². The molecule has 0 aliphatic heterocycles. The number of amides is 1. The Hall–Kier alpha value is -1.43. The van der Waals surface area contributed by atoms with Crippen LogP contribution in [-0.4, -0.2) is 42.5 Å². The Kier molecular flexibility index (Phi) is 7.01. The van der Waals surface area contributed by atoms with Crippen molar-refractivity contribution in [3.63, 3.8) is 0 Å². The van der Waals surface area contributed by atoms with E-state index in [-0.39, 0.29) is 19.1 Å². The molecule has 5 heteroatoms. The third-order valence-corrected chi connectivity index (χ3v) is 2.39. The van der Waals surface area contributed by atoms with E-state index in [1.54, 1.807) is 24.3 Å². The Bertz CT molecular complexity index is 351. The van der Waals surface area contributed by atoms with Gasteiger partial charge >= 0.3 is 0 Å². The second-order valence-corrected chi connectivity index (χ2v) is 3.80. The lowest BCUT2D eigenvalue weighted by Crippen LogP contribution is -2.25. The summed E-state index contributed by atoms with van der Waals surface area (Å²) in [5, 5.41) is 20.1. The fourth-order valence-electron chi connectivity index (χ4n) is 1.41. The molecule has 0 unspecified atom stereocenters. The van der Waals surface area contributed by atoms with Gasteiger partial charge in [-0.3, -0.25) is 4.79 Å². The molecular formula is C13H19NO4. The van der Waals surface area contributed by atoms with Gasteiger partial charge in [0.05, 0.1) is 19.8 Å². The molecule has 0 atom stereocenters. The number of rotatable bonds is 8. The van der Waals surface area contributed by atoms with E-state index in [0.717, 1.165) is 5.56 Å². The van der Waals surface area contributed by atoms with Gasteiger partial charge in [-0.15, -0.1) is 0 Å². The third-order valence-electron chi connectivity index (χ3n) is 2.39. The molecule has 18 heavy (non-hydrogen) atoms. The van der Waals surface area contributed by atoms with Crippen LogP contribution in [0.1, 0.15) is 22.3 Å². The number of aliphatic hydroxyl groups is 2. The Morgan fingerprint density at radius 1 is 1.17 bits per heavy atom. The minimum Gasteiger partial charge on any atom is -0.394 e. The maximum Gasteiger partial charge on any atom is 0.251 e. The van der Waals surface area contributed by atoms with Crippen LogP contribution < -0.4 is 5.32 Å². The van der Waals surface area contributed by atoms with Crippen molar-refractivity contribution < 1.29 is 19.7 Å². The number of carbonyl (C=O) groups is 1. The number of ether oxygens (including phenoxy) is 1. The average Bonchev–Trinajstić information content (AvgIpc) is 2.42. The molecule has 0 fully saturated rings. The van der Waals surface area contributed by atoms with Crippen molar-refractivity contribution in [3.8, 4) is 0 Å². The van der Waals surface area contributed by atoms with Gasteiger partial charge < -0.3 is 20.3 Å². The molecule has 1 amide bonds. The molecule has 1 rings (SSSR count). The van der Waals surface area contributed by atoms with Gasteiger partial charge in [-0.05, 0) is 24.1 Å². The van der Waals surface area contributed by atoms with Crippen LogP contribution in [0, 0.1) is 0 Å². The predicted molar refractivity (Wildman–Crippen MR) is 67.2 cm³/mol. The van der Waals surface area contributed by atoms with Crippen LogP contribution in [0.25, 0.3) is 0 Å². The SMILES string of the molecule is O=C(NCCCOCCO)c1ccc(CO)cc1. The first-order chi connectivity index (χ1) is 8.77. The first kappa shape index (κ1) is 14.6. The zero-order valence-corrected chi connectivity index (χ0v) is 10.3. The van der Waals surface area contributed by atoms with Gasteiger partial charge in [0, 0.05) is 18.7 Å².